The summed E-state index contributed by atoms with van der Waals surface area (Å²) in [6, 6.07) is 4.23. The second-order valence-corrected chi connectivity index (χ2v) is 7.63. The van der Waals surface area contributed by atoms with Crippen LogP contribution < -0.4 is 4.74 Å². The van der Waals surface area contributed by atoms with E-state index in [1.54, 1.807) is 6.07 Å². The maximum absolute atomic E-state index is 14.1. The van der Waals surface area contributed by atoms with Crippen LogP contribution in [-0.2, 0) is 4.79 Å². The van der Waals surface area contributed by atoms with Crippen LogP contribution in [0.1, 0.15) is 55.3 Å². The highest BCUT2D eigenvalue weighted by molar-refractivity contribution is 5.95. The summed E-state index contributed by atoms with van der Waals surface area (Å²) < 4.78 is 19.1. The predicted octanol–water partition coefficient (Wildman–Crippen LogP) is 3.48. The van der Waals surface area contributed by atoms with E-state index in [4.69, 9.17) is 4.74 Å². The zero-order chi connectivity index (χ0) is 19.4. The molecule has 2 unspecified atom stereocenters. The van der Waals surface area contributed by atoms with Gasteiger partial charge in [-0.3, -0.25) is 9.59 Å². The summed E-state index contributed by atoms with van der Waals surface area (Å²) in [5, 5.41) is 0. The molecule has 0 bridgehead atoms. The molecule has 2 atom stereocenters. The number of ether oxygens (including phenoxy) is 1. The number of nitrogens with zero attached hydrogens (tertiary/aromatic N) is 2. The Kier molecular flexibility index (Phi) is 6.34. The molecule has 27 heavy (non-hydrogen) atoms. The molecule has 0 spiro atoms. The molecule has 2 fully saturated rings. The van der Waals surface area contributed by atoms with Crippen LogP contribution in [0.25, 0.3) is 0 Å². The van der Waals surface area contributed by atoms with Crippen LogP contribution in [0, 0.1) is 11.7 Å². The average Bonchev–Trinajstić information content (AvgIpc) is 3.14. The molecule has 5 nitrogen and oxygen atoms in total. The van der Waals surface area contributed by atoms with Gasteiger partial charge in [0.15, 0.2) is 11.6 Å². The third-order valence-corrected chi connectivity index (χ3v) is 5.88. The number of fused-ring (bicyclic) bond motifs is 1. The Morgan fingerprint density at radius 1 is 1.11 bits per heavy atom. The number of benzene rings is 1. The number of carbonyl (C=O) groups is 2. The van der Waals surface area contributed by atoms with E-state index in [1.165, 1.54) is 19.2 Å². The van der Waals surface area contributed by atoms with Gasteiger partial charge in [0, 0.05) is 31.7 Å². The highest BCUT2D eigenvalue weighted by Crippen LogP contribution is 2.33. The number of amides is 2. The van der Waals surface area contributed by atoms with Gasteiger partial charge in [0.25, 0.3) is 5.91 Å². The Balaban J connectivity index is 1.88. The first kappa shape index (κ1) is 19.6. The molecule has 148 valence electrons. The Labute approximate surface area is 160 Å². The number of halogens is 1. The maximum atomic E-state index is 14.1. The van der Waals surface area contributed by atoms with Crippen LogP contribution >= 0.6 is 0 Å². The molecule has 1 aliphatic heterocycles. The Hall–Kier alpha value is -2.11. The summed E-state index contributed by atoms with van der Waals surface area (Å²) in [7, 11) is 3.26. The van der Waals surface area contributed by atoms with Crippen LogP contribution in [0.2, 0.25) is 0 Å². The molecule has 1 saturated heterocycles. The van der Waals surface area contributed by atoms with Gasteiger partial charge in [-0.15, -0.1) is 0 Å². The Morgan fingerprint density at radius 2 is 1.85 bits per heavy atom. The molecule has 1 aliphatic carbocycles. The van der Waals surface area contributed by atoms with Gasteiger partial charge in [-0.05, 0) is 43.9 Å². The van der Waals surface area contributed by atoms with E-state index in [0.717, 1.165) is 51.5 Å². The van der Waals surface area contributed by atoms with Crippen molar-refractivity contribution in [2.45, 2.75) is 51.0 Å². The fourth-order valence-electron chi connectivity index (χ4n) is 4.36. The first-order chi connectivity index (χ1) is 13.0. The first-order valence-corrected chi connectivity index (χ1v) is 9.92. The Bertz CT molecular complexity index is 694. The smallest absolute Gasteiger partial charge is 0.254 e. The van der Waals surface area contributed by atoms with Crippen LogP contribution in [0.4, 0.5) is 4.39 Å². The zero-order valence-electron chi connectivity index (χ0n) is 16.2. The highest BCUT2D eigenvalue weighted by atomic mass is 19.1. The van der Waals surface area contributed by atoms with E-state index in [9.17, 15) is 14.0 Å². The van der Waals surface area contributed by atoms with E-state index in [-0.39, 0.29) is 29.5 Å². The summed E-state index contributed by atoms with van der Waals surface area (Å²) in [6.45, 7) is 1.39. The van der Waals surface area contributed by atoms with Crippen LogP contribution in [-0.4, -0.2) is 54.9 Å². The van der Waals surface area contributed by atoms with Crippen LogP contribution in [0.5, 0.6) is 5.75 Å². The molecule has 3 rings (SSSR count). The van der Waals surface area contributed by atoms with Gasteiger partial charge in [-0.2, -0.15) is 0 Å². The van der Waals surface area contributed by atoms with E-state index in [0.29, 0.717) is 12.1 Å². The van der Waals surface area contributed by atoms with Crippen molar-refractivity contribution in [3.05, 3.63) is 29.6 Å². The van der Waals surface area contributed by atoms with Gasteiger partial charge in [-0.1, -0.05) is 19.3 Å². The van der Waals surface area contributed by atoms with Crippen molar-refractivity contribution in [1.82, 2.24) is 9.80 Å². The standard InChI is InChI=1S/C21H29FN2O3/c1-23-12-5-3-4-6-13-24(18-9-7-8-16(18)21(23)26)20(25)15-10-11-19(27-2)17(22)14-15/h10-11,14,16,18H,3-9,12-13H2,1-2H3. The number of hydrogen-bond donors (Lipinski definition) is 0. The lowest BCUT2D eigenvalue weighted by atomic mass is 9.99. The molecule has 2 amide bonds. The minimum absolute atomic E-state index is 0.101. The molecule has 1 heterocycles. The minimum atomic E-state index is -0.542. The van der Waals surface area contributed by atoms with E-state index < -0.39 is 5.82 Å². The third kappa shape index (κ3) is 4.25. The van der Waals surface area contributed by atoms with E-state index in [2.05, 4.69) is 0 Å². The second kappa shape index (κ2) is 8.72. The summed E-state index contributed by atoms with van der Waals surface area (Å²) in [5.41, 5.74) is 0.314. The second-order valence-electron chi connectivity index (χ2n) is 7.63. The molecule has 1 aromatic carbocycles. The molecule has 0 N–H and O–H groups in total. The van der Waals surface area contributed by atoms with Crippen molar-refractivity contribution < 1.29 is 18.7 Å². The monoisotopic (exact) mass is 376 g/mol. The fraction of sp³-hybridized carbons (Fsp3) is 0.619. The maximum Gasteiger partial charge on any atom is 0.254 e. The average molecular weight is 376 g/mol. The molecular formula is C21H29FN2O3. The number of rotatable bonds is 2. The van der Waals surface area contributed by atoms with Crippen molar-refractivity contribution in [2.24, 2.45) is 5.92 Å². The molecule has 6 heteroatoms. The summed E-state index contributed by atoms with van der Waals surface area (Å²) in [5.74, 6) is -0.624. The predicted molar refractivity (Wildman–Crippen MR) is 101 cm³/mol. The molecule has 0 aromatic heterocycles. The topological polar surface area (TPSA) is 49.9 Å². The van der Waals surface area contributed by atoms with Gasteiger partial charge in [0.05, 0.1) is 13.0 Å². The SMILES string of the molecule is COc1ccc(C(=O)N2CCCCCCN(C)C(=O)C3CCCC32)cc1F. The van der Waals surface area contributed by atoms with Crippen molar-refractivity contribution in [3.63, 3.8) is 0 Å². The highest BCUT2D eigenvalue weighted by Gasteiger charge is 2.40. The molecule has 2 aliphatic rings. The normalized spacial score (nSPS) is 24.3. The first-order valence-electron chi connectivity index (χ1n) is 9.92. The molecule has 0 radical (unpaired) electrons. The van der Waals surface area contributed by atoms with Gasteiger partial charge in [-0.25, -0.2) is 4.39 Å². The van der Waals surface area contributed by atoms with Gasteiger partial charge < -0.3 is 14.5 Å². The molecule has 1 aromatic rings. The van der Waals surface area contributed by atoms with Crippen molar-refractivity contribution in [2.75, 3.05) is 27.2 Å². The number of hydrogen-bond acceptors (Lipinski definition) is 3. The quantitative estimate of drug-likeness (QED) is 0.794. The van der Waals surface area contributed by atoms with Gasteiger partial charge in [0.2, 0.25) is 5.91 Å². The van der Waals surface area contributed by atoms with Crippen molar-refractivity contribution in [1.29, 1.82) is 0 Å². The minimum Gasteiger partial charge on any atom is -0.494 e. The van der Waals surface area contributed by atoms with E-state index in [1.807, 2.05) is 16.8 Å². The summed E-state index contributed by atoms with van der Waals surface area (Å²) >= 11 is 0. The molecular weight excluding hydrogens is 347 g/mol. The zero-order valence-corrected chi connectivity index (χ0v) is 16.2. The largest absolute Gasteiger partial charge is 0.494 e. The summed E-state index contributed by atoms with van der Waals surface area (Å²) in [6.07, 6.45) is 6.56. The lowest BCUT2D eigenvalue weighted by molar-refractivity contribution is -0.135. The fourth-order valence-corrected chi connectivity index (χ4v) is 4.36. The Morgan fingerprint density at radius 3 is 2.56 bits per heavy atom. The lowest BCUT2D eigenvalue weighted by Gasteiger charge is -2.34. The lowest BCUT2D eigenvalue weighted by Crippen LogP contribution is -2.47. The van der Waals surface area contributed by atoms with Crippen molar-refractivity contribution >= 4 is 11.8 Å². The molecule has 1 saturated carbocycles. The van der Waals surface area contributed by atoms with Gasteiger partial charge in [0.1, 0.15) is 0 Å². The van der Waals surface area contributed by atoms with Crippen LogP contribution in [0.15, 0.2) is 18.2 Å². The number of carbonyl (C=O) groups excluding carboxylic acids is 2. The van der Waals surface area contributed by atoms with Crippen molar-refractivity contribution in [3.8, 4) is 5.75 Å². The third-order valence-electron chi connectivity index (χ3n) is 5.88. The number of methoxy groups -OCH3 is 1. The van der Waals surface area contributed by atoms with Crippen LogP contribution in [0.3, 0.4) is 0 Å². The van der Waals surface area contributed by atoms with E-state index >= 15 is 0 Å². The van der Waals surface area contributed by atoms with Gasteiger partial charge >= 0.3 is 0 Å². The summed E-state index contributed by atoms with van der Waals surface area (Å²) in [4.78, 5) is 29.8.